The Morgan fingerprint density at radius 3 is 2.07 bits per heavy atom. The minimum atomic E-state index is -2.36. The molecule has 150 valence electrons. The van der Waals surface area contributed by atoms with E-state index in [2.05, 4.69) is 6.58 Å². The van der Waals surface area contributed by atoms with Crippen LogP contribution in [0.25, 0.3) is 28.0 Å². The first-order chi connectivity index (χ1) is 13.7. The van der Waals surface area contributed by atoms with E-state index in [9.17, 15) is 30.7 Å². The Morgan fingerprint density at radius 2 is 1.48 bits per heavy atom. The molecule has 29 heavy (non-hydrogen) atoms. The summed E-state index contributed by atoms with van der Waals surface area (Å²) in [5.41, 5.74) is -1.58. The van der Waals surface area contributed by atoms with E-state index in [0.717, 1.165) is 18.2 Å². The van der Waals surface area contributed by atoms with Crippen molar-refractivity contribution in [3.63, 3.8) is 0 Å². The van der Waals surface area contributed by atoms with Crippen LogP contribution in [-0.4, -0.2) is 0 Å². The molecular formula is C22H13F7. The second-order valence-corrected chi connectivity index (χ2v) is 6.34. The molecule has 0 unspecified atom stereocenters. The number of hydrogen-bond donors (Lipinski definition) is 0. The molecule has 0 amide bonds. The first-order valence-electron chi connectivity index (χ1n) is 8.46. The van der Waals surface area contributed by atoms with Crippen molar-refractivity contribution in [1.82, 2.24) is 0 Å². The largest absolute Gasteiger partial charge is 0.271 e. The predicted molar refractivity (Wildman–Crippen MR) is 97.9 cm³/mol. The molecule has 7 heteroatoms. The van der Waals surface area contributed by atoms with Crippen molar-refractivity contribution in [3.05, 3.63) is 89.3 Å². The minimum absolute atomic E-state index is 0.0568. The van der Waals surface area contributed by atoms with Gasteiger partial charge in [0.05, 0.1) is 16.5 Å². The lowest BCUT2D eigenvalue weighted by atomic mass is 9.96. The minimum Gasteiger partial charge on any atom is -0.206 e. The number of hydrogen-bond acceptors (Lipinski definition) is 0. The maximum Gasteiger partial charge on any atom is 0.271 e. The Hall–Kier alpha value is -3.09. The van der Waals surface area contributed by atoms with Gasteiger partial charge in [-0.3, -0.25) is 0 Å². The lowest BCUT2D eigenvalue weighted by Gasteiger charge is -2.12. The number of aryl methyl sites for hydroxylation is 1. The summed E-state index contributed by atoms with van der Waals surface area (Å²) in [5, 5.41) is -1.12. The van der Waals surface area contributed by atoms with Gasteiger partial charge in [0.15, 0.2) is 0 Å². The van der Waals surface area contributed by atoms with Crippen LogP contribution >= 0.6 is 0 Å². The van der Waals surface area contributed by atoms with E-state index >= 15 is 0 Å². The Kier molecular flexibility index (Phi) is 5.77. The Morgan fingerprint density at radius 1 is 0.828 bits per heavy atom. The van der Waals surface area contributed by atoms with Crippen LogP contribution in [0.1, 0.15) is 17.5 Å². The van der Waals surface area contributed by atoms with Gasteiger partial charge in [-0.2, -0.15) is 8.78 Å². The van der Waals surface area contributed by atoms with Gasteiger partial charge >= 0.3 is 0 Å². The number of halogens is 7. The molecule has 0 aliphatic rings. The van der Waals surface area contributed by atoms with Gasteiger partial charge in [0.25, 0.3) is 6.08 Å². The smallest absolute Gasteiger partial charge is 0.206 e. The average Bonchev–Trinajstić information content (AvgIpc) is 2.62. The summed E-state index contributed by atoms with van der Waals surface area (Å²) in [6, 6.07) is 4.47. The van der Waals surface area contributed by atoms with E-state index in [0.29, 0.717) is 30.5 Å². The van der Waals surface area contributed by atoms with Gasteiger partial charge in [-0.15, -0.1) is 6.58 Å². The normalized spacial score (nSPS) is 11.0. The highest BCUT2D eigenvalue weighted by Gasteiger charge is 2.20. The van der Waals surface area contributed by atoms with E-state index in [-0.39, 0.29) is 17.0 Å². The highest BCUT2D eigenvalue weighted by Crippen LogP contribution is 2.35. The highest BCUT2D eigenvalue weighted by atomic mass is 19.3. The number of allylic oxidation sites excluding steroid dienone is 1. The van der Waals surface area contributed by atoms with Gasteiger partial charge in [0.1, 0.15) is 29.1 Å². The highest BCUT2D eigenvalue weighted by molar-refractivity contribution is 5.90. The molecule has 0 saturated heterocycles. The summed E-state index contributed by atoms with van der Waals surface area (Å²) in [7, 11) is 0. The summed E-state index contributed by atoms with van der Waals surface area (Å²) < 4.78 is 96.8. The Bertz CT molecular complexity index is 1120. The van der Waals surface area contributed by atoms with Gasteiger partial charge in [-0.1, -0.05) is 6.08 Å². The zero-order valence-electron chi connectivity index (χ0n) is 14.8. The van der Waals surface area contributed by atoms with E-state index in [1.165, 1.54) is 0 Å². The van der Waals surface area contributed by atoms with Crippen LogP contribution < -0.4 is 0 Å². The Balaban J connectivity index is 2.21. The van der Waals surface area contributed by atoms with Crippen molar-refractivity contribution in [2.45, 2.75) is 12.8 Å². The fourth-order valence-corrected chi connectivity index (χ4v) is 3.13. The molecule has 0 aromatic heterocycles. The fourth-order valence-electron chi connectivity index (χ4n) is 3.13. The molecule has 0 aliphatic carbocycles. The SMILES string of the molecule is C=CCCc1cc(F)c(-c2cc(F)c3c(F)c(C=C(F)F)c(F)cc3c2)c(F)c1. The quantitative estimate of drug-likeness (QED) is 0.301. The molecule has 3 rings (SSSR count). The maximum atomic E-state index is 14.5. The molecule has 0 aliphatic heterocycles. The first kappa shape index (κ1) is 20.6. The number of rotatable bonds is 5. The third-order valence-electron chi connectivity index (χ3n) is 4.40. The molecule has 0 saturated carbocycles. The van der Waals surface area contributed by atoms with Crippen LogP contribution in [-0.2, 0) is 6.42 Å². The van der Waals surface area contributed by atoms with Crippen LogP contribution in [0.5, 0.6) is 0 Å². The molecule has 0 N–H and O–H groups in total. The zero-order chi connectivity index (χ0) is 21.3. The molecule has 3 aromatic carbocycles. The van der Waals surface area contributed by atoms with Crippen LogP contribution in [0.4, 0.5) is 30.7 Å². The van der Waals surface area contributed by atoms with Crippen LogP contribution in [0, 0.1) is 29.1 Å². The van der Waals surface area contributed by atoms with Gasteiger partial charge in [-0.25, -0.2) is 22.0 Å². The summed E-state index contributed by atoms with van der Waals surface area (Å²) in [4.78, 5) is 0. The molecule has 0 bridgehead atoms. The summed E-state index contributed by atoms with van der Waals surface area (Å²) in [5.74, 6) is -6.10. The standard InChI is InChI=1S/C22H13F7/c1-2-3-4-11-5-16(24)20(17(25)6-11)12-7-13-8-15(23)14(10-19(27)28)22(29)21(13)18(26)9-12/h2,5-10H,1,3-4H2. The van der Waals surface area contributed by atoms with Gasteiger partial charge < -0.3 is 0 Å². The van der Waals surface area contributed by atoms with Gasteiger partial charge in [0.2, 0.25) is 0 Å². The van der Waals surface area contributed by atoms with Crippen molar-refractivity contribution in [2.24, 2.45) is 0 Å². The van der Waals surface area contributed by atoms with Gasteiger partial charge in [-0.05, 0) is 59.7 Å². The summed E-state index contributed by atoms with van der Waals surface area (Å²) in [6.45, 7) is 3.52. The summed E-state index contributed by atoms with van der Waals surface area (Å²) in [6.07, 6.45) is 0.0155. The van der Waals surface area contributed by atoms with E-state index in [1.54, 1.807) is 6.08 Å². The third kappa shape index (κ3) is 4.04. The van der Waals surface area contributed by atoms with Crippen molar-refractivity contribution in [2.75, 3.05) is 0 Å². The molecule has 0 atom stereocenters. The molecule has 0 radical (unpaired) electrons. The van der Waals surface area contributed by atoms with E-state index < -0.39 is 51.7 Å². The topological polar surface area (TPSA) is 0 Å². The lowest BCUT2D eigenvalue weighted by molar-refractivity contribution is 0.428. The maximum absolute atomic E-state index is 14.5. The van der Waals surface area contributed by atoms with E-state index in [4.69, 9.17) is 0 Å². The van der Waals surface area contributed by atoms with Crippen LogP contribution in [0.15, 0.2) is 49.1 Å². The monoisotopic (exact) mass is 410 g/mol. The van der Waals surface area contributed by atoms with Crippen molar-refractivity contribution >= 4 is 16.8 Å². The molecular weight excluding hydrogens is 397 g/mol. The average molecular weight is 410 g/mol. The van der Waals surface area contributed by atoms with E-state index in [1.807, 2.05) is 0 Å². The second kappa shape index (κ2) is 8.11. The number of benzene rings is 3. The van der Waals surface area contributed by atoms with Crippen molar-refractivity contribution < 1.29 is 30.7 Å². The Labute approximate surface area is 161 Å². The summed E-state index contributed by atoms with van der Waals surface area (Å²) >= 11 is 0. The third-order valence-corrected chi connectivity index (χ3v) is 4.40. The first-order valence-corrected chi connectivity index (χ1v) is 8.46. The fraction of sp³-hybridized carbons (Fsp3) is 0.0909. The van der Waals surface area contributed by atoms with Crippen molar-refractivity contribution in [1.29, 1.82) is 0 Å². The number of fused-ring (bicyclic) bond motifs is 1. The van der Waals surface area contributed by atoms with Crippen LogP contribution in [0.3, 0.4) is 0 Å². The molecule has 0 nitrogen and oxygen atoms in total. The second-order valence-electron chi connectivity index (χ2n) is 6.34. The van der Waals surface area contributed by atoms with Crippen molar-refractivity contribution in [3.8, 4) is 11.1 Å². The molecule has 3 aromatic rings. The lowest BCUT2D eigenvalue weighted by Crippen LogP contribution is -1.98. The molecule has 0 fully saturated rings. The zero-order valence-corrected chi connectivity index (χ0v) is 14.8. The molecule has 0 spiro atoms. The van der Waals surface area contributed by atoms with Gasteiger partial charge in [0, 0.05) is 6.08 Å². The van der Waals surface area contributed by atoms with Crippen LogP contribution in [0.2, 0.25) is 0 Å². The predicted octanol–water partition coefficient (Wildman–Crippen LogP) is 7.56. The molecule has 0 heterocycles.